The fourth-order valence-electron chi connectivity index (χ4n) is 3.41. The zero-order chi connectivity index (χ0) is 19.9. The number of carbonyl (C=O) groups excluding carboxylic acids is 2. The van der Waals surface area contributed by atoms with E-state index in [0.717, 1.165) is 25.9 Å². The first kappa shape index (κ1) is 19.6. The summed E-state index contributed by atoms with van der Waals surface area (Å²) in [5, 5.41) is 12.0. The van der Waals surface area contributed by atoms with Crippen LogP contribution in [0.4, 0.5) is 5.69 Å². The number of amides is 2. The van der Waals surface area contributed by atoms with Gasteiger partial charge in [-0.3, -0.25) is 9.59 Å². The summed E-state index contributed by atoms with van der Waals surface area (Å²) in [6.45, 7) is 1.58. The summed E-state index contributed by atoms with van der Waals surface area (Å²) < 4.78 is 0. The highest BCUT2D eigenvalue weighted by molar-refractivity contribution is 5.97. The number of carbonyl (C=O) groups is 3. The summed E-state index contributed by atoms with van der Waals surface area (Å²) in [7, 11) is 0. The summed E-state index contributed by atoms with van der Waals surface area (Å²) in [5.41, 5.74) is 1.76. The first-order chi connectivity index (χ1) is 13.5. The van der Waals surface area contributed by atoms with Crippen molar-refractivity contribution in [2.45, 2.75) is 32.1 Å². The molecule has 2 aromatic rings. The molecule has 1 fully saturated rings. The molecule has 2 N–H and O–H groups in total. The molecule has 1 saturated heterocycles. The Hall–Kier alpha value is -3.15. The minimum absolute atomic E-state index is 0.0233. The maximum absolute atomic E-state index is 12.6. The van der Waals surface area contributed by atoms with Gasteiger partial charge in [0, 0.05) is 24.3 Å². The van der Waals surface area contributed by atoms with Crippen molar-refractivity contribution in [1.29, 1.82) is 0 Å². The maximum Gasteiger partial charge on any atom is 0.335 e. The van der Waals surface area contributed by atoms with Crippen LogP contribution < -0.4 is 5.32 Å². The van der Waals surface area contributed by atoms with E-state index >= 15 is 0 Å². The van der Waals surface area contributed by atoms with E-state index in [0.29, 0.717) is 16.8 Å². The van der Waals surface area contributed by atoms with Gasteiger partial charge in [0.15, 0.2) is 0 Å². The van der Waals surface area contributed by atoms with Gasteiger partial charge in [-0.15, -0.1) is 0 Å². The van der Waals surface area contributed by atoms with Crippen LogP contribution in [0, 0.1) is 0 Å². The lowest BCUT2D eigenvalue weighted by Crippen LogP contribution is -2.31. The number of hydrogen-bond acceptors (Lipinski definition) is 3. The van der Waals surface area contributed by atoms with Crippen molar-refractivity contribution in [2.24, 2.45) is 0 Å². The molecule has 0 aromatic heterocycles. The van der Waals surface area contributed by atoms with Gasteiger partial charge in [0.25, 0.3) is 5.91 Å². The Labute approximate surface area is 164 Å². The Kier molecular flexibility index (Phi) is 6.42. The van der Waals surface area contributed by atoms with E-state index in [1.165, 1.54) is 18.9 Å². The standard InChI is InChI=1S/C22H24N2O4/c25-20(15-17-7-3-4-8-19(17)22(27)28)23-18-11-9-16(10-12-18)21(26)24-13-5-1-2-6-14-24/h3-4,7-12H,1-2,5-6,13-15H2,(H,23,25)(H,27,28). The maximum atomic E-state index is 12.6. The highest BCUT2D eigenvalue weighted by Crippen LogP contribution is 2.16. The molecule has 0 atom stereocenters. The number of carboxylic acid groups (broad SMARTS) is 1. The van der Waals surface area contributed by atoms with E-state index in [4.69, 9.17) is 0 Å². The number of anilines is 1. The van der Waals surface area contributed by atoms with E-state index in [9.17, 15) is 19.5 Å². The van der Waals surface area contributed by atoms with Gasteiger partial charge in [0.2, 0.25) is 5.91 Å². The topological polar surface area (TPSA) is 86.7 Å². The number of aromatic carboxylic acids is 1. The Morgan fingerprint density at radius 3 is 2.18 bits per heavy atom. The molecule has 1 heterocycles. The van der Waals surface area contributed by atoms with E-state index in [-0.39, 0.29) is 23.8 Å². The van der Waals surface area contributed by atoms with Crippen LogP contribution in [0.15, 0.2) is 48.5 Å². The van der Waals surface area contributed by atoms with Crippen molar-refractivity contribution in [1.82, 2.24) is 4.90 Å². The van der Waals surface area contributed by atoms with Crippen molar-refractivity contribution in [3.63, 3.8) is 0 Å². The molecule has 0 radical (unpaired) electrons. The van der Waals surface area contributed by atoms with Crippen molar-refractivity contribution in [3.05, 3.63) is 65.2 Å². The average Bonchev–Trinajstić information content (AvgIpc) is 2.98. The number of likely N-dealkylation sites (tertiary alicyclic amines) is 1. The first-order valence-corrected chi connectivity index (χ1v) is 9.55. The highest BCUT2D eigenvalue weighted by Gasteiger charge is 2.17. The van der Waals surface area contributed by atoms with Crippen LogP contribution in [0.5, 0.6) is 0 Å². The second kappa shape index (κ2) is 9.17. The molecule has 6 heteroatoms. The zero-order valence-corrected chi connectivity index (χ0v) is 15.7. The van der Waals surface area contributed by atoms with Crippen LogP contribution in [0.25, 0.3) is 0 Å². The van der Waals surface area contributed by atoms with Gasteiger partial charge in [-0.25, -0.2) is 4.79 Å². The smallest absolute Gasteiger partial charge is 0.335 e. The molecule has 2 aromatic carbocycles. The van der Waals surface area contributed by atoms with Gasteiger partial charge in [-0.1, -0.05) is 31.0 Å². The van der Waals surface area contributed by atoms with Crippen LogP contribution in [0.2, 0.25) is 0 Å². The quantitative estimate of drug-likeness (QED) is 0.830. The predicted octanol–water partition coefficient (Wildman–Crippen LogP) is 3.58. The van der Waals surface area contributed by atoms with Gasteiger partial charge in [0.1, 0.15) is 0 Å². The molecule has 28 heavy (non-hydrogen) atoms. The summed E-state index contributed by atoms with van der Waals surface area (Å²) in [5.74, 6) is -1.34. The van der Waals surface area contributed by atoms with Crippen molar-refractivity contribution in [2.75, 3.05) is 18.4 Å². The minimum Gasteiger partial charge on any atom is -0.478 e. The molecular weight excluding hydrogens is 356 g/mol. The van der Waals surface area contributed by atoms with E-state index in [1.807, 2.05) is 4.90 Å². The summed E-state index contributed by atoms with van der Waals surface area (Å²) in [6.07, 6.45) is 4.38. The number of carboxylic acids is 1. The summed E-state index contributed by atoms with van der Waals surface area (Å²) in [6, 6.07) is 13.3. The Morgan fingerprint density at radius 2 is 1.54 bits per heavy atom. The molecule has 2 amide bonds. The number of nitrogens with zero attached hydrogens (tertiary/aromatic N) is 1. The predicted molar refractivity (Wildman–Crippen MR) is 107 cm³/mol. The van der Waals surface area contributed by atoms with Crippen molar-refractivity contribution < 1.29 is 19.5 Å². The van der Waals surface area contributed by atoms with Gasteiger partial charge in [-0.05, 0) is 48.7 Å². The molecular formula is C22H24N2O4. The van der Waals surface area contributed by atoms with Crippen LogP contribution in [-0.4, -0.2) is 40.9 Å². The number of nitrogens with one attached hydrogen (secondary N) is 1. The zero-order valence-electron chi connectivity index (χ0n) is 15.7. The molecule has 146 valence electrons. The summed E-state index contributed by atoms with van der Waals surface area (Å²) >= 11 is 0. The van der Waals surface area contributed by atoms with Crippen LogP contribution >= 0.6 is 0 Å². The molecule has 0 unspecified atom stereocenters. The normalized spacial score (nSPS) is 14.2. The fourth-order valence-corrected chi connectivity index (χ4v) is 3.41. The number of rotatable bonds is 5. The molecule has 0 bridgehead atoms. The molecule has 3 rings (SSSR count). The van der Waals surface area contributed by atoms with Gasteiger partial charge >= 0.3 is 5.97 Å². The number of hydrogen-bond donors (Lipinski definition) is 2. The Bertz CT molecular complexity index is 853. The third-order valence-electron chi connectivity index (χ3n) is 4.91. The van der Waals surface area contributed by atoms with Gasteiger partial charge < -0.3 is 15.3 Å². The van der Waals surface area contributed by atoms with Crippen molar-refractivity contribution in [3.8, 4) is 0 Å². The Morgan fingerprint density at radius 1 is 0.893 bits per heavy atom. The van der Waals surface area contributed by atoms with E-state index in [2.05, 4.69) is 5.32 Å². The number of benzene rings is 2. The monoisotopic (exact) mass is 380 g/mol. The lowest BCUT2D eigenvalue weighted by atomic mass is 10.0. The fraction of sp³-hybridized carbons (Fsp3) is 0.318. The van der Waals surface area contributed by atoms with Gasteiger partial charge in [-0.2, -0.15) is 0 Å². The van der Waals surface area contributed by atoms with Crippen molar-refractivity contribution >= 4 is 23.5 Å². The molecule has 1 aliphatic rings. The van der Waals surface area contributed by atoms with Crippen LogP contribution in [0.3, 0.4) is 0 Å². The molecule has 0 aliphatic carbocycles. The minimum atomic E-state index is -1.06. The lowest BCUT2D eigenvalue weighted by molar-refractivity contribution is -0.115. The Balaban J connectivity index is 1.62. The lowest BCUT2D eigenvalue weighted by Gasteiger charge is -2.20. The van der Waals surface area contributed by atoms with Gasteiger partial charge in [0.05, 0.1) is 12.0 Å². The second-order valence-corrected chi connectivity index (χ2v) is 6.97. The SMILES string of the molecule is O=C(Cc1ccccc1C(=O)O)Nc1ccc(C(=O)N2CCCCCC2)cc1. The molecule has 0 spiro atoms. The average molecular weight is 380 g/mol. The third-order valence-corrected chi connectivity index (χ3v) is 4.91. The second-order valence-electron chi connectivity index (χ2n) is 6.97. The van der Waals surface area contributed by atoms with Crippen LogP contribution in [-0.2, 0) is 11.2 Å². The molecule has 1 aliphatic heterocycles. The molecule has 0 saturated carbocycles. The molecule has 6 nitrogen and oxygen atoms in total. The van der Waals surface area contributed by atoms with E-state index < -0.39 is 5.97 Å². The largest absolute Gasteiger partial charge is 0.478 e. The highest BCUT2D eigenvalue weighted by atomic mass is 16.4. The summed E-state index contributed by atoms with van der Waals surface area (Å²) in [4.78, 5) is 38.0. The first-order valence-electron chi connectivity index (χ1n) is 9.55. The van der Waals surface area contributed by atoms with E-state index in [1.54, 1.807) is 42.5 Å². The third kappa shape index (κ3) is 4.97. The van der Waals surface area contributed by atoms with Crippen LogP contribution in [0.1, 0.15) is 52.0 Å².